The van der Waals surface area contributed by atoms with E-state index in [1.165, 1.54) is 12.1 Å². The van der Waals surface area contributed by atoms with Gasteiger partial charge in [-0.2, -0.15) is 0 Å². The van der Waals surface area contributed by atoms with Crippen molar-refractivity contribution in [3.63, 3.8) is 0 Å². The molecule has 2 aromatic rings. The highest BCUT2D eigenvalue weighted by molar-refractivity contribution is 9.10. The van der Waals surface area contributed by atoms with E-state index in [4.69, 9.17) is 9.47 Å². The molecule has 1 unspecified atom stereocenters. The number of aliphatic hydroxyl groups excluding tert-OH is 1. The fraction of sp³-hybridized carbons (Fsp3) is 0.200. The van der Waals surface area contributed by atoms with Crippen LogP contribution in [0.5, 0.6) is 11.5 Å². The lowest BCUT2D eigenvalue weighted by molar-refractivity contribution is 0.173. The van der Waals surface area contributed by atoms with Crippen molar-refractivity contribution < 1.29 is 19.0 Å². The van der Waals surface area contributed by atoms with Crippen molar-refractivity contribution in [3.05, 3.63) is 57.3 Å². The van der Waals surface area contributed by atoms with E-state index >= 15 is 0 Å². The highest BCUT2D eigenvalue weighted by Gasteiger charge is 2.22. The number of hydrogen-bond donors (Lipinski definition) is 1. The summed E-state index contributed by atoms with van der Waals surface area (Å²) >= 11 is 3.38. The summed E-state index contributed by atoms with van der Waals surface area (Å²) in [5.74, 6) is 0.823. The third kappa shape index (κ3) is 2.27. The molecule has 0 radical (unpaired) electrons. The van der Waals surface area contributed by atoms with Crippen LogP contribution < -0.4 is 9.47 Å². The molecule has 104 valence electrons. The summed E-state index contributed by atoms with van der Waals surface area (Å²) < 4.78 is 24.7. The van der Waals surface area contributed by atoms with Crippen molar-refractivity contribution in [1.82, 2.24) is 0 Å². The Labute approximate surface area is 124 Å². The predicted octanol–water partition coefficient (Wildman–Crippen LogP) is 3.71. The molecule has 0 amide bonds. The number of fused-ring (bicyclic) bond motifs is 1. The van der Waals surface area contributed by atoms with Crippen LogP contribution in [0.2, 0.25) is 0 Å². The molecule has 2 aromatic carbocycles. The first-order chi connectivity index (χ1) is 9.56. The van der Waals surface area contributed by atoms with Gasteiger partial charge in [0, 0.05) is 0 Å². The van der Waals surface area contributed by atoms with Gasteiger partial charge in [-0.05, 0) is 63.8 Å². The molecular formula is C15H12BrFO3. The number of hydrogen-bond acceptors (Lipinski definition) is 3. The predicted molar refractivity (Wildman–Crippen MR) is 75.5 cm³/mol. The lowest BCUT2D eigenvalue weighted by Gasteiger charge is -2.15. The third-order valence-corrected chi connectivity index (χ3v) is 3.89. The Morgan fingerprint density at radius 3 is 2.85 bits per heavy atom. The monoisotopic (exact) mass is 338 g/mol. The van der Waals surface area contributed by atoms with Crippen LogP contribution in [0.4, 0.5) is 4.39 Å². The zero-order valence-corrected chi connectivity index (χ0v) is 12.3. The summed E-state index contributed by atoms with van der Waals surface area (Å²) in [6, 6.07) is 7.83. The van der Waals surface area contributed by atoms with Gasteiger partial charge < -0.3 is 14.6 Å². The van der Waals surface area contributed by atoms with Gasteiger partial charge in [0.1, 0.15) is 11.9 Å². The van der Waals surface area contributed by atoms with Crippen molar-refractivity contribution in [3.8, 4) is 11.5 Å². The average molecular weight is 339 g/mol. The number of ether oxygens (including phenoxy) is 2. The topological polar surface area (TPSA) is 38.7 Å². The molecule has 1 aliphatic rings. The summed E-state index contributed by atoms with van der Waals surface area (Å²) in [7, 11) is 0. The Bertz CT molecular complexity index is 672. The standard InChI is InChI=1S/C15H12BrFO3/c1-8-2-3-10(17)6-11(8)14(18)9-4-12(16)15-13(5-9)19-7-20-15/h2-6,14,18H,7H2,1H3. The third-order valence-electron chi connectivity index (χ3n) is 3.30. The minimum atomic E-state index is -0.920. The molecular weight excluding hydrogens is 327 g/mol. The maximum atomic E-state index is 13.4. The van der Waals surface area contributed by atoms with E-state index in [0.717, 1.165) is 5.56 Å². The van der Waals surface area contributed by atoms with Gasteiger partial charge in [0.25, 0.3) is 0 Å². The Hall–Kier alpha value is -1.59. The van der Waals surface area contributed by atoms with Gasteiger partial charge >= 0.3 is 0 Å². The molecule has 1 heterocycles. The molecule has 0 saturated heterocycles. The number of benzene rings is 2. The second-order valence-corrected chi connectivity index (χ2v) is 5.49. The summed E-state index contributed by atoms with van der Waals surface area (Å²) in [6.45, 7) is 1.99. The van der Waals surface area contributed by atoms with E-state index in [1.807, 2.05) is 6.92 Å². The molecule has 0 aromatic heterocycles. The van der Waals surface area contributed by atoms with Crippen LogP contribution >= 0.6 is 15.9 Å². The molecule has 3 rings (SSSR count). The molecule has 1 atom stereocenters. The van der Waals surface area contributed by atoms with Gasteiger partial charge in [-0.15, -0.1) is 0 Å². The molecule has 3 nitrogen and oxygen atoms in total. The smallest absolute Gasteiger partial charge is 0.231 e. The number of aliphatic hydroxyl groups is 1. The Morgan fingerprint density at radius 1 is 1.25 bits per heavy atom. The fourth-order valence-corrected chi connectivity index (χ4v) is 2.80. The largest absolute Gasteiger partial charge is 0.454 e. The highest BCUT2D eigenvalue weighted by atomic mass is 79.9. The van der Waals surface area contributed by atoms with Gasteiger partial charge in [0.2, 0.25) is 6.79 Å². The molecule has 0 bridgehead atoms. The molecule has 1 aliphatic heterocycles. The minimum absolute atomic E-state index is 0.159. The number of halogens is 2. The van der Waals surface area contributed by atoms with Crippen LogP contribution in [-0.4, -0.2) is 11.9 Å². The van der Waals surface area contributed by atoms with Crippen molar-refractivity contribution in [2.45, 2.75) is 13.0 Å². The SMILES string of the molecule is Cc1ccc(F)cc1C(O)c1cc(Br)c2c(c1)OCO2. The van der Waals surface area contributed by atoms with E-state index < -0.39 is 6.10 Å². The Morgan fingerprint density at radius 2 is 2.05 bits per heavy atom. The summed E-state index contributed by atoms with van der Waals surface area (Å²) in [5.41, 5.74) is 1.98. The molecule has 0 saturated carbocycles. The quantitative estimate of drug-likeness (QED) is 0.907. The van der Waals surface area contributed by atoms with Crippen LogP contribution in [0.15, 0.2) is 34.8 Å². The van der Waals surface area contributed by atoms with Crippen molar-refractivity contribution in [2.75, 3.05) is 6.79 Å². The van der Waals surface area contributed by atoms with Crippen LogP contribution in [-0.2, 0) is 0 Å². The second kappa shape index (κ2) is 5.07. The maximum absolute atomic E-state index is 13.4. The van der Waals surface area contributed by atoms with Crippen LogP contribution in [0.1, 0.15) is 22.8 Å². The molecule has 0 spiro atoms. The van der Waals surface area contributed by atoms with Crippen molar-refractivity contribution in [1.29, 1.82) is 0 Å². The summed E-state index contributed by atoms with van der Waals surface area (Å²) in [4.78, 5) is 0. The van der Waals surface area contributed by atoms with Crippen LogP contribution in [0.3, 0.4) is 0 Å². The van der Waals surface area contributed by atoms with Crippen molar-refractivity contribution in [2.24, 2.45) is 0 Å². The van der Waals surface area contributed by atoms with Crippen molar-refractivity contribution >= 4 is 15.9 Å². The summed E-state index contributed by atoms with van der Waals surface area (Å²) in [6.07, 6.45) is -0.920. The molecule has 20 heavy (non-hydrogen) atoms. The number of aryl methyl sites for hydroxylation is 1. The first kappa shape index (κ1) is 13.4. The van der Waals surface area contributed by atoms with Gasteiger partial charge in [-0.1, -0.05) is 6.07 Å². The average Bonchev–Trinajstić information content (AvgIpc) is 2.89. The lowest BCUT2D eigenvalue weighted by atomic mass is 9.97. The maximum Gasteiger partial charge on any atom is 0.231 e. The first-order valence-corrected chi connectivity index (χ1v) is 6.88. The van der Waals surface area contributed by atoms with Crippen LogP contribution in [0.25, 0.3) is 0 Å². The van der Waals surface area contributed by atoms with E-state index in [0.29, 0.717) is 27.1 Å². The lowest BCUT2D eigenvalue weighted by Crippen LogP contribution is -2.03. The van der Waals surface area contributed by atoms with Gasteiger partial charge in [-0.25, -0.2) is 4.39 Å². The van der Waals surface area contributed by atoms with E-state index in [-0.39, 0.29) is 12.6 Å². The molecule has 0 aliphatic carbocycles. The number of rotatable bonds is 2. The fourth-order valence-electron chi connectivity index (χ4n) is 2.23. The van der Waals surface area contributed by atoms with Crippen LogP contribution in [0, 0.1) is 12.7 Å². The zero-order valence-electron chi connectivity index (χ0n) is 10.7. The minimum Gasteiger partial charge on any atom is -0.454 e. The first-order valence-electron chi connectivity index (χ1n) is 6.09. The zero-order chi connectivity index (χ0) is 14.3. The van der Waals surface area contributed by atoms with E-state index in [2.05, 4.69) is 15.9 Å². The van der Waals surface area contributed by atoms with Gasteiger partial charge in [0.15, 0.2) is 11.5 Å². The molecule has 5 heteroatoms. The normalized spacial score (nSPS) is 14.4. The van der Waals surface area contributed by atoms with E-state index in [1.54, 1.807) is 18.2 Å². The Balaban J connectivity index is 2.04. The molecule has 1 N–H and O–H groups in total. The Kier molecular flexibility index (Phi) is 3.40. The summed E-state index contributed by atoms with van der Waals surface area (Å²) in [5, 5.41) is 10.5. The molecule has 0 fully saturated rings. The second-order valence-electron chi connectivity index (χ2n) is 4.64. The highest BCUT2D eigenvalue weighted by Crippen LogP contribution is 2.42. The van der Waals surface area contributed by atoms with E-state index in [9.17, 15) is 9.50 Å². The van der Waals surface area contributed by atoms with Gasteiger partial charge in [-0.3, -0.25) is 0 Å². The van der Waals surface area contributed by atoms with Gasteiger partial charge in [0.05, 0.1) is 4.47 Å².